The van der Waals surface area contributed by atoms with Crippen molar-refractivity contribution in [2.24, 2.45) is 5.92 Å². The molecule has 1 rings (SSSR count). The number of hydrogen-bond acceptors (Lipinski definition) is 2. The lowest BCUT2D eigenvalue weighted by molar-refractivity contribution is 0.251. The van der Waals surface area contributed by atoms with E-state index in [0.717, 1.165) is 5.92 Å². The average molecular weight is 132 g/mol. The minimum atomic E-state index is 0.438. The van der Waals surface area contributed by atoms with Gasteiger partial charge in [0.15, 0.2) is 0 Å². The van der Waals surface area contributed by atoms with Gasteiger partial charge in [-0.2, -0.15) is 0 Å². The predicted molar refractivity (Wildman–Crippen MR) is 36.9 cm³/mol. The maximum Gasteiger partial charge on any atom is 0.0721 e. The predicted octanol–water partition coefficient (Wildman–Crippen LogP) is 2.04. The smallest absolute Gasteiger partial charge is 0.0721 e. The van der Waals surface area contributed by atoms with Crippen molar-refractivity contribution in [3.63, 3.8) is 0 Å². The van der Waals surface area contributed by atoms with Crippen LogP contribution in [0.5, 0.6) is 0 Å². The first-order valence-corrected chi connectivity index (χ1v) is 3.49. The number of rotatable bonds is 1. The summed E-state index contributed by atoms with van der Waals surface area (Å²) in [7, 11) is 0. The van der Waals surface area contributed by atoms with Crippen LogP contribution in [-0.2, 0) is 4.18 Å². The molecular formula is C6H12OS. The fourth-order valence-electron chi connectivity index (χ4n) is 1.25. The second-order valence-electron chi connectivity index (χ2n) is 2.65. The highest BCUT2D eigenvalue weighted by molar-refractivity contribution is 7.75. The monoisotopic (exact) mass is 132 g/mol. The molecule has 0 saturated heterocycles. The molecule has 2 heteroatoms. The van der Waals surface area contributed by atoms with Crippen LogP contribution in [0, 0.1) is 5.92 Å². The minimum Gasteiger partial charge on any atom is -0.315 e. The van der Waals surface area contributed by atoms with Crippen molar-refractivity contribution in [2.75, 3.05) is 0 Å². The molecule has 0 aromatic heterocycles. The Morgan fingerprint density at radius 2 is 2.25 bits per heavy atom. The Kier molecular flexibility index (Phi) is 2.20. The lowest BCUT2D eigenvalue weighted by atomic mass is 10.1. The first-order chi connectivity index (χ1) is 3.83. The SMILES string of the molecule is C[C@@H]1CC[C@H](OS)C1. The molecule has 1 aliphatic carbocycles. The first-order valence-electron chi connectivity index (χ1n) is 3.13. The Morgan fingerprint density at radius 3 is 2.50 bits per heavy atom. The maximum absolute atomic E-state index is 4.88. The first kappa shape index (κ1) is 6.43. The Morgan fingerprint density at radius 1 is 1.50 bits per heavy atom. The molecule has 1 nitrogen and oxygen atoms in total. The van der Waals surface area contributed by atoms with Gasteiger partial charge in [0.25, 0.3) is 0 Å². The Balaban J connectivity index is 2.22. The average Bonchev–Trinajstić information content (AvgIpc) is 2.14. The van der Waals surface area contributed by atoms with Gasteiger partial charge < -0.3 is 4.18 Å². The van der Waals surface area contributed by atoms with Crippen LogP contribution >= 0.6 is 12.9 Å². The molecule has 0 N–H and O–H groups in total. The number of hydrogen-bond donors (Lipinski definition) is 1. The molecule has 0 unspecified atom stereocenters. The molecule has 0 heterocycles. The van der Waals surface area contributed by atoms with E-state index in [-0.39, 0.29) is 0 Å². The van der Waals surface area contributed by atoms with Crippen LogP contribution in [0.2, 0.25) is 0 Å². The van der Waals surface area contributed by atoms with E-state index in [0.29, 0.717) is 6.10 Å². The van der Waals surface area contributed by atoms with E-state index in [1.807, 2.05) is 0 Å². The second-order valence-corrected chi connectivity index (χ2v) is 2.86. The Hall–Kier alpha value is 0.310. The van der Waals surface area contributed by atoms with E-state index in [4.69, 9.17) is 4.18 Å². The van der Waals surface area contributed by atoms with Gasteiger partial charge in [-0.25, -0.2) is 0 Å². The van der Waals surface area contributed by atoms with Crippen LogP contribution in [-0.4, -0.2) is 6.10 Å². The van der Waals surface area contributed by atoms with E-state index in [1.54, 1.807) is 0 Å². The molecule has 0 bridgehead atoms. The summed E-state index contributed by atoms with van der Waals surface area (Å²) in [6.45, 7) is 2.26. The van der Waals surface area contributed by atoms with Gasteiger partial charge in [-0.15, -0.1) is 0 Å². The van der Waals surface area contributed by atoms with E-state index in [1.165, 1.54) is 19.3 Å². The molecule has 1 saturated carbocycles. The summed E-state index contributed by atoms with van der Waals surface area (Å²) in [6.07, 6.45) is 4.15. The van der Waals surface area contributed by atoms with Crippen LogP contribution in [0.4, 0.5) is 0 Å². The third kappa shape index (κ3) is 1.39. The largest absolute Gasteiger partial charge is 0.315 e. The summed E-state index contributed by atoms with van der Waals surface area (Å²) < 4.78 is 4.88. The molecule has 0 aromatic carbocycles. The van der Waals surface area contributed by atoms with Gasteiger partial charge in [0.1, 0.15) is 0 Å². The van der Waals surface area contributed by atoms with E-state index in [9.17, 15) is 0 Å². The lowest BCUT2D eigenvalue weighted by Crippen LogP contribution is -1.99. The van der Waals surface area contributed by atoms with Gasteiger partial charge in [-0.05, 0) is 38.1 Å². The zero-order valence-electron chi connectivity index (χ0n) is 5.13. The van der Waals surface area contributed by atoms with Crippen LogP contribution < -0.4 is 0 Å². The summed E-state index contributed by atoms with van der Waals surface area (Å²) in [4.78, 5) is 0. The van der Waals surface area contributed by atoms with Crippen LogP contribution in [0.1, 0.15) is 26.2 Å². The van der Waals surface area contributed by atoms with E-state index < -0.39 is 0 Å². The van der Waals surface area contributed by atoms with Crippen LogP contribution in [0.3, 0.4) is 0 Å². The summed E-state index contributed by atoms with van der Waals surface area (Å²) in [5.74, 6) is 0.854. The summed E-state index contributed by atoms with van der Waals surface area (Å²) in [5.41, 5.74) is 0. The highest BCUT2D eigenvalue weighted by atomic mass is 32.1. The number of thiol groups is 1. The molecule has 0 aromatic rings. The molecule has 48 valence electrons. The third-order valence-corrected chi connectivity index (χ3v) is 2.09. The quantitative estimate of drug-likeness (QED) is 0.424. The Bertz CT molecular complexity index is 74.9. The van der Waals surface area contributed by atoms with Crippen molar-refractivity contribution in [1.29, 1.82) is 0 Å². The van der Waals surface area contributed by atoms with Crippen molar-refractivity contribution < 1.29 is 4.18 Å². The van der Waals surface area contributed by atoms with Gasteiger partial charge in [0.2, 0.25) is 0 Å². The van der Waals surface area contributed by atoms with E-state index >= 15 is 0 Å². The molecule has 0 radical (unpaired) electrons. The standard InChI is InChI=1S/C6H12OS/c1-5-2-3-6(4-5)7-8/h5-6,8H,2-4H2,1H3/t5-,6+/m1/s1. The van der Waals surface area contributed by atoms with Crippen LogP contribution in [0.15, 0.2) is 0 Å². The second kappa shape index (κ2) is 2.74. The van der Waals surface area contributed by atoms with Crippen molar-refractivity contribution >= 4 is 12.9 Å². The normalized spacial score (nSPS) is 38.2. The molecule has 0 aliphatic heterocycles. The van der Waals surface area contributed by atoms with Gasteiger partial charge >= 0.3 is 0 Å². The van der Waals surface area contributed by atoms with Gasteiger partial charge in [0, 0.05) is 0 Å². The zero-order valence-corrected chi connectivity index (χ0v) is 6.03. The lowest BCUT2D eigenvalue weighted by Gasteiger charge is -2.02. The fraction of sp³-hybridized carbons (Fsp3) is 1.00. The summed E-state index contributed by atoms with van der Waals surface area (Å²) >= 11 is 3.76. The van der Waals surface area contributed by atoms with Crippen molar-refractivity contribution in [2.45, 2.75) is 32.3 Å². The molecular weight excluding hydrogens is 120 g/mol. The van der Waals surface area contributed by atoms with Gasteiger partial charge in [0.05, 0.1) is 6.10 Å². The topological polar surface area (TPSA) is 9.23 Å². The zero-order chi connectivity index (χ0) is 5.98. The third-order valence-electron chi connectivity index (χ3n) is 1.80. The van der Waals surface area contributed by atoms with Crippen molar-refractivity contribution in [3.8, 4) is 0 Å². The molecule has 0 spiro atoms. The summed E-state index contributed by atoms with van der Waals surface area (Å²) in [6, 6.07) is 0. The Labute approximate surface area is 56.0 Å². The highest BCUT2D eigenvalue weighted by Crippen LogP contribution is 2.27. The van der Waals surface area contributed by atoms with Crippen LogP contribution in [0.25, 0.3) is 0 Å². The molecule has 1 fully saturated rings. The minimum absolute atomic E-state index is 0.438. The van der Waals surface area contributed by atoms with Gasteiger partial charge in [-0.3, -0.25) is 0 Å². The molecule has 1 aliphatic rings. The summed E-state index contributed by atoms with van der Waals surface area (Å²) in [5, 5.41) is 0. The molecule has 8 heavy (non-hydrogen) atoms. The highest BCUT2D eigenvalue weighted by Gasteiger charge is 2.20. The van der Waals surface area contributed by atoms with Gasteiger partial charge in [-0.1, -0.05) is 6.92 Å². The maximum atomic E-state index is 4.88. The molecule has 0 amide bonds. The fourth-order valence-corrected chi connectivity index (χ4v) is 1.44. The van der Waals surface area contributed by atoms with Crippen molar-refractivity contribution in [1.82, 2.24) is 0 Å². The molecule has 2 atom stereocenters. The van der Waals surface area contributed by atoms with E-state index in [2.05, 4.69) is 19.8 Å². The van der Waals surface area contributed by atoms with Crippen molar-refractivity contribution in [3.05, 3.63) is 0 Å².